The predicted molar refractivity (Wildman–Crippen MR) is 131 cm³/mol. The largest absolute Gasteiger partial charge is 0.470 e. The number of aromatic nitrogens is 5. The summed E-state index contributed by atoms with van der Waals surface area (Å²) >= 11 is 0. The summed E-state index contributed by atoms with van der Waals surface area (Å²) in [5, 5.41) is 7.56. The maximum atomic E-state index is 15.1. The molecular weight excluding hydrogens is 487 g/mol. The van der Waals surface area contributed by atoms with Gasteiger partial charge in [0.2, 0.25) is 11.8 Å². The molecule has 0 unspecified atom stereocenters. The van der Waals surface area contributed by atoms with Crippen LogP contribution in [-0.4, -0.2) is 86.6 Å². The quantitative estimate of drug-likeness (QED) is 0.401. The minimum atomic E-state index is -2.68. The molecule has 0 saturated carbocycles. The Bertz CT molecular complexity index is 1430. The average molecular weight is 514 g/mol. The summed E-state index contributed by atoms with van der Waals surface area (Å²) in [5.74, 6) is 0.103. The van der Waals surface area contributed by atoms with Crippen LogP contribution in [0.1, 0.15) is 13.3 Å². The number of alkyl halides is 3. The molecule has 2 saturated heterocycles. The van der Waals surface area contributed by atoms with Crippen LogP contribution in [-0.2, 0) is 4.74 Å². The van der Waals surface area contributed by atoms with Crippen LogP contribution in [0.15, 0.2) is 42.9 Å². The van der Waals surface area contributed by atoms with E-state index in [-0.39, 0.29) is 23.9 Å². The van der Waals surface area contributed by atoms with E-state index in [9.17, 15) is 8.78 Å². The van der Waals surface area contributed by atoms with Crippen molar-refractivity contribution in [2.75, 3.05) is 38.2 Å². The van der Waals surface area contributed by atoms with Crippen molar-refractivity contribution in [1.29, 1.82) is 0 Å². The first-order chi connectivity index (χ1) is 17.9. The molecule has 0 amide bonds. The third-order valence-corrected chi connectivity index (χ3v) is 7.05. The van der Waals surface area contributed by atoms with Crippen molar-refractivity contribution in [3.63, 3.8) is 0 Å². The second-order valence-electron chi connectivity index (χ2n) is 9.72. The van der Waals surface area contributed by atoms with E-state index in [1.807, 2.05) is 18.2 Å². The molecule has 0 aliphatic carbocycles. The number of ether oxygens (including phenoxy) is 2. The van der Waals surface area contributed by atoms with E-state index in [0.717, 1.165) is 11.1 Å². The van der Waals surface area contributed by atoms with E-state index in [0.29, 0.717) is 42.8 Å². The Morgan fingerprint density at radius 1 is 1.19 bits per heavy atom. The van der Waals surface area contributed by atoms with E-state index < -0.39 is 25.2 Å². The zero-order valence-electron chi connectivity index (χ0n) is 20.1. The van der Waals surface area contributed by atoms with Gasteiger partial charge in [-0.15, -0.1) is 5.10 Å². The average Bonchev–Trinajstić information content (AvgIpc) is 3.31. The summed E-state index contributed by atoms with van der Waals surface area (Å²) in [4.78, 5) is 15.1. The molecule has 0 radical (unpaired) electrons. The first-order valence-electron chi connectivity index (χ1n) is 12.1. The van der Waals surface area contributed by atoms with E-state index in [2.05, 4.69) is 37.2 Å². The number of anilines is 1. The molecule has 1 aromatic carbocycles. The van der Waals surface area contributed by atoms with Crippen LogP contribution >= 0.6 is 0 Å². The van der Waals surface area contributed by atoms with Crippen LogP contribution in [0.3, 0.4) is 0 Å². The van der Waals surface area contributed by atoms with Crippen molar-refractivity contribution in [2.45, 2.75) is 37.5 Å². The van der Waals surface area contributed by atoms with Gasteiger partial charge in [-0.2, -0.15) is 4.98 Å². The van der Waals surface area contributed by atoms with Crippen molar-refractivity contribution >= 4 is 22.5 Å². The lowest BCUT2D eigenvalue weighted by atomic mass is 9.92. The summed E-state index contributed by atoms with van der Waals surface area (Å²) in [7, 11) is 0. The molecule has 12 heteroatoms. The summed E-state index contributed by atoms with van der Waals surface area (Å²) in [6.07, 6.45) is 1.61. The lowest BCUT2D eigenvalue weighted by Crippen LogP contribution is -2.64. The Labute approximate surface area is 210 Å². The molecule has 2 aliphatic rings. The maximum Gasteiger partial charge on any atom is 0.272 e. The Morgan fingerprint density at radius 3 is 2.73 bits per heavy atom. The zero-order chi connectivity index (χ0) is 25.6. The highest BCUT2D eigenvalue weighted by Crippen LogP contribution is 2.34. The SMILES string of the molecule is CC1(N2CC[C@H](Nc3nc(OCC(F)F)c4c(-c5ccc6nccnc6c5)ccn4n3)[C@H](F)C2)COC1. The zero-order valence-corrected chi connectivity index (χ0v) is 20.1. The van der Waals surface area contributed by atoms with Crippen molar-refractivity contribution in [3.05, 3.63) is 42.9 Å². The molecule has 2 atom stereocenters. The number of rotatable bonds is 7. The third-order valence-electron chi connectivity index (χ3n) is 7.05. The normalized spacial score (nSPS) is 21.9. The fourth-order valence-electron chi connectivity index (χ4n) is 4.96. The highest BCUT2D eigenvalue weighted by Gasteiger charge is 2.43. The van der Waals surface area contributed by atoms with Crippen LogP contribution in [0, 0.1) is 0 Å². The monoisotopic (exact) mass is 513 g/mol. The van der Waals surface area contributed by atoms with E-state index in [1.165, 1.54) is 4.52 Å². The van der Waals surface area contributed by atoms with Crippen LogP contribution in [0.25, 0.3) is 27.7 Å². The standard InChI is InChI=1S/C25H26F3N7O2/c1-25(13-36-14-25)34-8-5-18(17(26)11-34)31-24-32-23(37-12-21(27)28)22-16(4-9-35(22)33-24)15-2-3-19-20(10-15)30-7-6-29-19/h2-4,6-7,9-10,17-18,21H,5,8,11-14H2,1H3,(H,31,33)/t17-,18+/m1/s1. The highest BCUT2D eigenvalue weighted by atomic mass is 19.3. The van der Waals surface area contributed by atoms with Gasteiger partial charge < -0.3 is 14.8 Å². The molecule has 194 valence electrons. The van der Waals surface area contributed by atoms with Crippen LogP contribution in [0.5, 0.6) is 5.88 Å². The lowest BCUT2D eigenvalue weighted by molar-refractivity contribution is -0.142. The second-order valence-corrected chi connectivity index (χ2v) is 9.72. The van der Waals surface area contributed by atoms with Gasteiger partial charge in [-0.05, 0) is 37.1 Å². The van der Waals surface area contributed by atoms with E-state index in [4.69, 9.17) is 9.47 Å². The van der Waals surface area contributed by atoms with Gasteiger partial charge in [0.15, 0.2) is 6.61 Å². The minimum Gasteiger partial charge on any atom is -0.470 e. The van der Waals surface area contributed by atoms with Crippen molar-refractivity contribution < 1.29 is 22.6 Å². The first-order valence-corrected chi connectivity index (χ1v) is 12.1. The first kappa shape index (κ1) is 23.9. The molecule has 9 nitrogen and oxygen atoms in total. The third kappa shape index (κ3) is 4.55. The van der Waals surface area contributed by atoms with Gasteiger partial charge in [0.1, 0.15) is 11.7 Å². The molecule has 37 heavy (non-hydrogen) atoms. The van der Waals surface area contributed by atoms with Gasteiger partial charge in [-0.3, -0.25) is 14.9 Å². The van der Waals surface area contributed by atoms with Crippen LogP contribution in [0.2, 0.25) is 0 Å². The van der Waals surface area contributed by atoms with E-state index in [1.54, 1.807) is 24.7 Å². The number of piperidine rings is 1. The van der Waals surface area contributed by atoms with E-state index >= 15 is 4.39 Å². The molecule has 2 aliphatic heterocycles. The molecule has 2 fully saturated rings. The molecule has 6 rings (SSSR count). The van der Waals surface area contributed by atoms with Gasteiger partial charge in [-0.1, -0.05) is 6.07 Å². The molecule has 4 aromatic rings. The molecule has 5 heterocycles. The Balaban J connectivity index is 1.30. The van der Waals surface area contributed by atoms with Crippen LogP contribution in [0.4, 0.5) is 19.1 Å². The van der Waals surface area contributed by atoms with Gasteiger partial charge in [-0.25, -0.2) is 17.7 Å². The number of nitrogens with one attached hydrogen (secondary N) is 1. The number of hydrogen-bond acceptors (Lipinski definition) is 8. The Kier molecular flexibility index (Phi) is 6.07. The Hall–Kier alpha value is -3.51. The molecular formula is C25H26F3N7O2. The fraction of sp³-hybridized carbons (Fsp3) is 0.440. The second kappa shape index (κ2) is 9.42. The molecule has 0 spiro atoms. The smallest absolute Gasteiger partial charge is 0.272 e. The number of nitrogens with zero attached hydrogens (tertiary/aromatic N) is 6. The predicted octanol–water partition coefficient (Wildman–Crippen LogP) is 3.60. The number of likely N-dealkylation sites (tertiary alicyclic amines) is 1. The molecule has 3 aromatic heterocycles. The van der Waals surface area contributed by atoms with Gasteiger partial charge in [0.05, 0.1) is 35.8 Å². The highest BCUT2D eigenvalue weighted by molar-refractivity contribution is 5.89. The van der Waals surface area contributed by atoms with Crippen molar-refractivity contribution in [1.82, 2.24) is 29.5 Å². The van der Waals surface area contributed by atoms with Crippen LogP contribution < -0.4 is 10.1 Å². The number of hydrogen-bond donors (Lipinski definition) is 1. The summed E-state index contributed by atoms with van der Waals surface area (Å²) in [5.41, 5.74) is 3.20. The maximum absolute atomic E-state index is 15.1. The number of fused-ring (bicyclic) bond motifs is 2. The van der Waals surface area contributed by atoms with Gasteiger partial charge in [0.25, 0.3) is 6.43 Å². The minimum absolute atomic E-state index is 0.0102. The number of halogens is 3. The summed E-state index contributed by atoms with van der Waals surface area (Å²) in [6, 6.07) is 6.84. The summed E-state index contributed by atoms with van der Waals surface area (Å²) < 4.78 is 53.5. The Morgan fingerprint density at radius 2 is 2.00 bits per heavy atom. The van der Waals surface area contributed by atoms with Gasteiger partial charge >= 0.3 is 0 Å². The van der Waals surface area contributed by atoms with Gasteiger partial charge in [0, 0.05) is 37.2 Å². The molecule has 0 bridgehead atoms. The van der Waals surface area contributed by atoms with Crippen molar-refractivity contribution in [2.24, 2.45) is 0 Å². The molecule has 1 N–H and O–H groups in total. The summed E-state index contributed by atoms with van der Waals surface area (Å²) in [6.45, 7) is 3.42. The topological polar surface area (TPSA) is 89.7 Å². The lowest BCUT2D eigenvalue weighted by Gasteiger charge is -2.50. The number of benzene rings is 1. The van der Waals surface area contributed by atoms with Crippen molar-refractivity contribution in [3.8, 4) is 17.0 Å². The fourth-order valence-corrected chi connectivity index (χ4v) is 4.96.